The second-order valence-electron chi connectivity index (χ2n) is 7.67. The van der Waals surface area contributed by atoms with Crippen molar-refractivity contribution in [3.63, 3.8) is 0 Å². The van der Waals surface area contributed by atoms with E-state index in [1.807, 2.05) is 0 Å². The van der Waals surface area contributed by atoms with E-state index in [0.29, 0.717) is 12.8 Å². The molecule has 0 amide bonds. The molecule has 1 saturated carbocycles. The Morgan fingerprint density at radius 3 is 2.73 bits per heavy atom. The van der Waals surface area contributed by atoms with Gasteiger partial charge in [0.2, 0.25) is 5.78 Å². The monoisotopic (exact) mass is 434 g/mol. The first-order valence-electron chi connectivity index (χ1n) is 10.2. The highest BCUT2D eigenvalue weighted by atomic mass is 32.2. The molecule has 0 bridgehead atoms. The Morgan fingerprint density at radius 1 is 1.40 bits per heavy atom. The molecular weight excluding hydrogens is 404 g/mol. The van der Waals surface area contributed by atoms with Crippen LogP contribution in [0.4, 0.5) is 0 Å². The molecule has 0 aromatic heterocycles. The standard InChI is InChI=1S/C23H30O6S/c1-29-21(25)13-9-4-3-8-12-18-22(26)20(30(2)28)16-23(18,27)15-14-19(24)17-10-6-5-7-11-17/h12,14-17,19,24,27H,4-7,9-11,13H2,1-2H3/b15-14+,18-12+. The van der Waals surface area contributed by atoms with Crippen molar-refractivity contribution in [2.24, 2.45) is 5.92 Å². The Kier molecular flexibility index (Phi) is 9.22. The maximum Gasteiger partial charge on any atom is 0.305 e. The van der Waals surface area contributed by atoms with Crippen molar-refractivity contribution in [1.29, 1.82) is 0 Å². The Morgan fingerprint density at radius 2 is 2.10 bits per heavy atom. The predicted octanol–water partition coefficient (Wildman–Crippen LogP) is 2.33. The van der Waals surface area contributed by atoms with Crippen LogP contribution in [0.15, 0.2) is 34.8 Å². The number of hydrogen-bond donors (Lipinski definition) is 2. The molecule has 2 rings (SSSR count). The lowest BCUT2D eigenvalue weighted by molar-refractivity contribution is -0.140. The number of ketones is 1. The van der Waals surface area contributed by atoms with E-state index in [2.05, 4.69) is 16.6 Å². The van der Waals surface area contributed by atoms with Crippen molar-refractivity contribution in [3.8, 4) is 11.8 Å². The van der Waals surface area contributed by atoms with Gasteiger partial charge in [0, 0.05) is 24.7 Å². The number of ether oxygens (including phenoxy) is 1. The first-order chi connectivity index (χ1) is 14.3. The van der Waals surface area contributed by atoms with Gasteiger partial charge in [-0.05, 0) is 43.4 Å². The average molecular weight is 435 g/mol. The molecule has 3 atom stereocenters. The summed E-state index contributed by atoms with van der Waals surface area (Å²) in [5.74, 6) is 4.90. The molecule has 0 aromatic carbocycles. The summed E-state index contributed by atoms with van der Waals surface area (Å²) in [4.78, 5) is 23.8. The van der Waals surface area contributed by atoms with Crippen LogP contribution in [-0.2, 0) is 25.1 Å². The molecule has 30 heavy (non-hydrogen) atoms. The molecule has 6 nitrogen and oxygen atoms in total. The number of unbranched alkanes of at least 4 members (excludes halogenated alkanes) is 1. The third kappa shape index (κ3) is 6.49. The van der Waals surface area contributed by atoms with Crippen LogP contribution in [0.3, 0.4) is 0 Å². The van der Waals surface area contributed by atoms with E-state index in [9.17, 15) is 24.0 Å². The number of Topliss-reactive ketones (excluding diaryl/α,β-unsaturated/α-hetero) is 1. The maximum absolute atomic E-state index is 12.6. The fourth-order valence-electron chi connectivity index (χ4n) is 3.69. The van der Waals surface area contributed by atoms with Crippen LogP contribution in [0, 0.1) is 17.8 Å². The number of methoxy groups -OCH3 is 1. The Hall–Kier alpha value is -2.01. The topological polar surface area (TPSA) is 101 Å². The number of aliphatic hydroxyl groups is 2. The number of esters is 1. The van der Waals surface area contributed by atoms with Gasteiger partial charge in [-0.25, -0.2) is 0 Å². The van der Waals surface area contributed by atoms with E-state index in [1.54, 1.807) is 0 Å². The molecule has 0 aliphatic heterocycles. The zero-order valence-corrected chi connectivity index (χ0v) is 18.4. The minimum atomic E-state index is -1.76. The number of carbonyl (C=O) groups is 2. The number of aliphatic hydroxyl groups excluding tert-OH is 1. The Bertz CT molecular complexity index is 822. The van der Waals surface area contributed by atoms with E-state index in [1.165, 1.54) is 44.1 Å². The second kappa shape index (κ2) is 11.4. The summed E-state index contributed by atoms with van der Waals surface area (Å²) in [5.41, 5.74) is -1.74. The van der Waals surface area contributed by atoms with Gasteiger partial charge in [-0.2, -0.15) is 0 Å². The van der Waals surface area contributed by atoms with E-state index >= 15 is 0 Å². The van der Waals surface area contributed by atoms with Gasteiger partial charge in [0.25, 0.3) is 0 Å². The van der Waals surface area contributed by atoms with E-state index in [0.717, 1.165) is 25.7 Å². The lowest BCUT2D eigenvalue weighted by Crippen LogP contribution is -2.27. The van der Waals surface area contributed by atoms with Crippen LogP contribution >= 0.6 is 0 Å². The fraction of sp³-hybridized carbons (Fsp3) is 0.565. The smallest absolute Gasteiger partial charge is 0.305 e. The molecule has 0 radical (unpaired) electrons. The molecule has 3 unspecified atom stereocenters. The van der Waals surface area contributed by atoms with E-state index < -0.39 is 28.3 Å². The van der Waals surface area contributed by atoms with E-state index in [-0.39, 0.29) is 28.8 Å². The molecule has 0 saturated heterocycles. The van der Waals surface area contributed by atoms with Crippen molar-refractivity contribution >= 4 is 22.6 Å². The van der Waals surface area contributed by atoms with Crippen molar-refractivity contribution < 1.29 is 28.7 Å². The highest BCUT2D eigenvalue weighted by molar-refractivity contribution is 7.89. The minimum absolute atomic E-state index is 0.0141. The lowest BCUT2D eigenvalue weighted by atomic mass is 9.84. The van der Waals surface area contributed by atoms with Crippen molar-refractivity contribution in [1.82, 2.24) is 0 Å². The van der Waals surface area contributed by atoms with Crippen LogP contribution in [-0.4, -0.2) is 51.2 Å². The van der Waals surface area contributed by atoms with Crippen LogP contribution in [0.1, 0.15) is 51.4 Å². The highest BCUT2D eigenvalue weighted by Crippen LogP contribution is 2.34. The number of hydrogen-bond acceptors (Lipinski definition) is 6. The zero-order chi connectivity index (χ0) is 22.1. The van der Waals surface area contributed by atoms with Gasteiger partial charge in [0.05, 0.1) is 28.9 Å². The molecule has 1 fully saturated rings. The SMILES string of the molecule is COC(=O)CCCC#C/C=C1\C(=O)C(S(C)=O)=CC1(O)/C=C/C(O)C1CCCCC1. The third-order valence-electron chi connectivity index (χ3n) is 5.47. The Balaban J connectivity index is 2.15. The van der Waals surface area contributed by atoms with Gasteiger partial charge in [0.1, 0.15) is 5.60 Å². The summed E-state index contributed by atoms with van der Waals surface area (Å²) in [7, 11) is -0.233. The molecule has 0 spiro atoms. The van der Waals surface area contributed by atoms with Crippen molar-refractivity contribution in [2.75, 3.05) is 13.4 Å². The van der Waals surface area contributed by atoms with Gasteiger partial charge in [0.15, 0.2) is 0 Å². The van der Waals surface area contributed by atoms with Gasteiger partial charge in [-0.1, -0.05) is 37.2 Å². The summed E-state index contributed by atoms with van der Waals surface area (Å²) in [5, 5.41) is 21.5. The average Bonchev–Trinajstić information content (AvgIpc) is 3.00. The fourth-order valence-corrected chi connectivity index (χ4v) is 4.40. The van der Waals surface area contributed by atoms with Gasteiger partial charge < -0.3 is 14.9 Å². The highest BCUT2D eigenvalue weighted by Gasteiger charge is 2.41. The number of allylic oxidation sites excluding steroid dienone is 2. The van der Waals surface area contributed by atoms with Crippen LogP contribution in [0.2, 0.25) is 0 Å². The molecule has 2 N–H and O–H groups in total. The molecule has 2 aliphatic carbocycles. The number of rotatable bonds is 7. The summed E-state index contributed by atoms with van der Waals surface area (Å²) < 4.78 is 16.5. The van der Waals surface area contributed by atoms with Crippen molar-refractivity contribution in [2.45, 2.75) is 63.1 Å². The van der Waals surface area contributed by atoms with Crippen LogP contribution < -0.4 is 0 Å². The lowest BCUT2D eigenvalue weighted by Gasteiger charge is -2.25. The second-order valence-corrected chi connectivity index (χ2v) is 9.02. The molecule has 2 aliphatic rings. The summed E-state index contributed by atoms with van der Waals surface area (Å²) in [6.45, 7) is 0. The first kappa shape index (κ1) is 24.3. The quantitative estimate of drug-likeness (QED) is 0.210. The van der Waals surface area contributed by atoms with Gasteiger partial charge in [-0.3, -0.25) is 13.8 Å². The Labute approximate surface area is 180 Å². The van der Waals surface area contributed by atoms with E-state index in [4.69, 9.17) is 0 Å². The minimum Gasteiger partial charge on any atom is -0.469 e. The van der Waals surface area contributed by atoms with Crippen LogP contribution in [0.25, 0.3) is 0 Å². The molecule has 0 aromatic rings. The summed E-state index contributed by atoms with van der Waals surface area (Å²) >= 11 is 0. The van der Waals surface area contributed by atoms with Gasteiger partial charge >= 0.3 is 5.97 Å². The molecule has 7 heteroatoms. The predicted molar refractivity (Wildman–Crippen MR) is 116 cm³/mol. The van der Waals surface area contributed by atoms with Gasteiger partial charge in [-0.15, -0.1) is 0 Å². The number of carbonyl (C=O) groups excluding carboxylic acids is 2. The zero-order valence-electron chi connectivity index (χ0n) is 17.6. The molecule has 0 heterocycles. The van der Waals surface area contributed by atoms with Crippen LogP contribution in [0.5, 0.6) is 0 Å². The molecule has 164 valence electrons. The summed E-state index contributed by atoms with van der Waals surface area (Å²) in [6, 6.07) is 0. The third-order valence-corrected chi connectivity index (χ3v) is 6.39. The maximum atomic E-state index is 12.6. The summed E-state index contributed by atoms with van der Waals surface area (Å²) in [6.07, 6.45) is 12.6. The first-order valence-corrected chi connectivity index (χ1v) is 11.8. The van der Waals surface area contributed by atoms with Crippen molar-refractivity contribution in [3.05, 3.63) is 34.8 Å². The normalized spacial score (nSPS) is 25.7. The largest absolute Gasteiger partial charge is 0.469 e. The molecular formula is C23H30O6S.